The van der Waals surface area contributed by atoms with E-state index in [-0.39, 0.29) is 11.9 Å². The number of carbonyl (C=O) groups is 2. The van der Waals surface area contributed by atoms with Crippen LogP contribution in [-0.4, -0.2) is 72.6 Å². The van der Waals surface area contributed by atoms with Crippen molar-refractivity contribution in [3.05, 3.63) is 24.3 Å². The average Bonchev–Trinajstić information content (AvgIpc) is 2.96. The highest BCUT2D eigenvalue weighted by molar-refractivity contribution is 8.07. The molecular weight excluding hydrogens is 757 g/mol. The molecule has 0 saturated heterocycles. The second-order valence-electron chi connectivity index (χ2n) is 10.9. The van der Waals surface area contributed by atoms with Gasteiger partial charge in [-0.05, 0) is 75.0 Å². The summed E-state index contributed by atoms with van der Waals surface area (Å²) in [5.41, 5.74) is 0. The number of rotatable bonds is 28. The van der Waals surface area contributed by atoms with Gasteiger partial charge in [-0.25, -0.2) is 9.59 Å². The van der Waals surface area contributed by atoms with Gasteiger partial charge < -0.3 is 52.8 Å². The Kier molecular flexibility index (Phi) is 39.6. The Morgan fingerprint density at radius 2 is 0.653 bits per heavy atom. The highest BCUT2D eigenvalue weighted by Crippen LogP contribution is 2.37. The van der Waals surface area contributed by atoms with Crippen molar-refractivity contribution in [2.45, 2.75) is 129 Å². The lowest BCUT2D eigenvalue weighted by molar-refractivity contribution is -0.138. The molecular formula is C30H61O13P3S3. The molecule has 0 aliphatic carbocycles. The standard InChI is InChI=1S/2C15H29O5PS.H3O3PS/c2*1-2-12-15(16)19-13-10-8-6-4-3-5-7-9-11-14-20-21(17,18)22;1-4(2,3)5/h2*2,12H,3-11,13-14H2,1H3,(H2,17,18,22);(H3,1,2,3,5). The highest BCUT2D eigenvalue weighted by atomic mass is 32.5. The van der Waals surface area contributed by atoms with Gasteiger partial charge in [0.25, 0.3) is 0 Å². The Hall–Kier alpha value is 0.01000. The molecule has 0 heterocycles. The Morgan fingerprint density at radius 3 is 0.857 bits per heavy atom. The first-order valence-electron chi connectivity index (χ1n) is 16.7. The zero-order chi connectivity index (χ0) is 37.9. The summed E-state index contributed by atoms with van der Waals surface area (Å²) in [6, 6.07) is 0. The molecule has 7 N–H and O–H groups in total. The average molecular weight is 819 g/mol. The molecule has 0 fully saturated rings. The van der Waals surface area contributed by atoms with Gasteiger partial charge in [0.05, 0.1) is 26.4 Å². The third kappa shape index (κ3) is 63.5. The van der Waals surface area contributed by atoms with E-state index >= 15 is 0 Å². The van der Waals surface area contributed by atoms with Crippen LogP contribution in [0.5, 0.6) is 0 Å². The molecule has 0 rings (SSSR count). The van der Waals surface area contributed by atoms with Crippen molar-refractivity contribution in [3.63, 3.8) is 0 Å². The van der Waals surface area contributed by atoms with E-state index in [4.69, 9.17) is 52.8 Å². The molecule has 0 aromatic rings. The fourth-order valence-corrected chi connectivity index (χ4v) is 5.15. The molecule has 0 unspecified atom stereocenters. The molecule has 292 valence electrons. The van der Waals surface area contributed by atoms with Crippen molar-refractivity contribution in [1.29, 1.82) is 0 Å². The first-order valence-corrected chi connectivity index (χ1v) is 24.6. The van der Waals surface area contributed by atoms with Crippen molar-refractivity contribution < 1.29 is 62.4 Å². The summed E-state index contributed by atoms with van der Waals surface area (Å²) in [5, 5.41) is 0. The van der Waals surface area contributed by atoms with Gasteiger partial charge in [-0.15, -0.1) is 0 Å². The van der Waals surface area contributed by atoms with Gasteiger partial charge in [-0.3, -0.25) is 0 Å². The number of hydrogen-bond acceptors (Lipinski definition) is 9. The quantitative estimate of drug-likeness (QED) is 0.0186. The van der Waals surface area contributed by atoms with Gasteiger partial charge in [0.1, 0.15) is 0 Å². The lowest BCUT2D eigenvalue weighted by Crippen LogP contribution is -2.01. The van der Waals surface area contributed by atoms with Crippen LogP contribution in [-0.2, 0) is 63.5 Å². The minimum Gasteiger partial charge on any atom is -0.463 e. The minimum absolute atomic E-state index is 0.260. The molecule has 49 heavy (non-hydrogen) atoms. The maximum atomic E-state index is 11.0. The summed E-state index contributed by atoms with van der Waals surface area (Å²) < 4.78 is 19.5. The van der Waals surface area contributed by atoms with Crippen LogP contribution in [0.1, 0.15) is 129 Å². The molecule has 0 aromatic heterocycles. The predicted octanol–water partition coefficient (Wildman–Crippen LogP) is 6.87. The minimum atomic E-state index is -3.81. The Balaban J connectivity index is -0.000000757. The van der Waals surface area contributed by atoms with E-state index in [1.54, 1.807) is 26.0 Å². The first kappa shape index (κ1) is 53.4. The van der Waals surface area contributed by atoms with Crippen LogP contribution in [0.15, 0.2) is 24.3 Å². The second kappa shape index (κ2) is 36.4. The molecule has 0 bridgehead atoms. The van der Waals surface area contributed by atoms with E-state index < -0.39 is 20.2 Å². The summed E-state index contributed by atoms with van der Waals surface area (Å²) >= 11 is 12.3. The summed E-state index contributed by atoms with van der Waals surface area (Å²) in [5.74, 6) is -0.520. The summed E-state index contributed by atoms with van der Waals surface area (Å²) in [6.07, 6.45) is 25.7. The van der Waals surface area contributed by atoms with Gasteiger partial charge in [-0.2, -0.15) is 0 Å². The monoisotopic (exact) mass is 818 g/mol. The van der Waals surface area contributed by atoms with E-state index in [2.05, 4.69) is 35.4 Å². The van der Waals surface area contributed by atoms with Gasteiger partial charge in [0.15, 0.2) is 0 Å². The van der Waals surface area contributed by atoms with E-state index in [9.17, 15) is 9.59 Å². The van der Waals surface area contributed by atoms with Crippen molar-refractivity contribution in [2.75, 3.05) is 26.4 Å². The molecule has 19 heteroatoms. The van der Waals surface area contributed by atoms with Crippen LogP contribution in [0.4, 0.5) is 0 Å². The van der Waals surface area contributed by atoms with Gasteiger partial charge in [-0.1, -0.05) is 102 Å². The maximum absolute atomic E-state index is 11.0. The maximum Gasteiger partial charge on any atom is 0.330 e. The topological polar surface area (TPSA) is 213 Å². The highest BCUT2D eigenvalue weighted by Gasteiger charge is 2.07. The Morgan fingerprint density at radius 1 is 0.449 bits per heavy atom. The first-order chi connectivity index (χ1) is 22.9. The normalized spacial score (nSPS) is 11.9. The van der Waals surface area contributed by atoms with Crippen LogP contribution in [0.2, 0.25) is 0 Å². The van der Waals surface area contributed by atoms with Gasteiger partial charge in [0.2, 0.25) is 0 Å². The molecule has 13 nitrogen and oxygen atoms in total. The third-order valence-electron chi connectivity index (χ3n) is 6.19. The van der Waals surface area contributed by atoms with Gasteiger partial charge in [0, 0.05) is 12.2 Å². The fourth-order valence-electron chi connectivity index (χ4n) is 3.96. The molecule has 0 amide bonds. The van der Waals surface area contributed by atoms with Crippen LogP contribution in [0, 0.1) is 0 Å². The number of unbranched alkanes of at least 4 members (excludes halogenated alkanes) is 16. The molecule has 0 aromatic carbocycles. The molecule has 0 spiro atoms. The summed E-state index contributed by atoms with van der Waals surface area (Å²) in [7, 11) is 0. The second-order valence-corrected chi connectivity index (χ2v) is 18.7. The number of hydrogen-bond donors (Lipinski definition) is 7. The van der Waals surface area contributed by atoms with Crippen molar-refractivity contribution in [3.8, 4) is 0 Å². The zero-order valence-corrected chi connectivity index (χ0v) is 34.1. The van der Waals surface area contributed by atoms with E-state index in [1.807, 2.05) is 0 Å². The van der Waals surface area contributed by atoms with Crippen molar-refractivity contribution in [1.82, 2.24) is 0 Å². The Labute approximate surface area is 308 Å². The number of ether oxygens (including phenoxy) is 2. The largest absolute Gasteiger partial charge is 0.463 e. The lowest BCUT2D eigenvalue weighted by Gasteiger charge is -2.07. The number of esters is 2. The number of carbonyl (C=O) groups excluding carboxylic acids is 2. The predicted molar refractivity (Wildman–Crippen MR) is 205 cm³/mol. The summed E-state index contributed by atoms with van der Waals surface area (Å²) in [6.45, 7) is -5.46. The van der Waals surface area contributed by atoms with Crippen molar-refractivity contribution >= 4 is 67.5 Å². The molecule has 0 radical (unpaired) electrons. The zero-order valence-electron chi connectivity index (χ0n) is 29.0. The van der Waals surface area contributed by atoms with Crippen LogP contribution in [0.25, 0.3) is 0 Å². The van der Waals surface area contributed by atoms with E-state index in [0.717, 1.165) is 64.2 Å². The molecule has 0 aliphatic heterocycles. The van der Waals surface area contributed by atoms with Crippen LogP contribution in [0.3, 0.4) is 0 Å². The molecule has 0 saturated carbocycles. The van der Waals surface area contributed by atoms with Crippen molar-refractivity contribution in [2.24, 2.45) is 0 Å². The summed E-state index contributed by atoms with van der Waals surface area (Å²) in [4.78, 5) is 80.2. The van der Waals surface area contributed by atoms with Crippen LogP contribution >= 0.6 is 20.2 Å². The Bertz CT molecular complexity index is 923. The number of allylic oxidation sites excluding steroid dienone is 2. The molecule has 0 atom stereocenters. The molecule has 0 aliphatic rings. The SMILES string of the molecule is CC=CC(=O)OCCCCCCCCCCCOP(O)(O)=S.CC=CC(=O)OCCCCCCCCCCCOP(O)(O)=S.OP(O)(O)=S. The lowest BCUT2D eigenvalue weighted by atomic mass is 10.1. The van der Waals surface area contributed by atoms with Gasteiger partial charge >= 0.3 is 32.1 Å². The van der Waals surface area contributed by atoms with Crippen LogP contribution < -0.4 is 0 Å². The van der Waals surface area contributed by atoms with E-state index in [1.165, 1.54) is 63.5 Å². The third-order valence-corrected chi connectivity index (χ3v) is 7.86. The smallest absolute Gasteiger partial charge is 0.330 e. The van der Waals surface area contributed by atoms with E-state index in [0.29, 0.717) is 26.4 Å². The fraction of sp³-hybridized carbons (Fsp3) is 0.800.